The molecule has 0 saturated heterocycles. The Balaban J connectivity index is 3.54. The molecule has 0 atom stereocenters. The van der Waals surface area contributed by atoms with Gasteiger partial charge in [-0.1, -0.05) is 0 Å². The Labute approximate surface area is 73.1 Å². The van der Waals surface area contributed by atoms with E-state index in [2.05, 4.69) is 5.32 Å². The number of aliphatic carboxylic acids is 1. The quantitative estimate of drug-likeness (QED) is 0.497. The normalized spacial score (nSPS) is 11.6. The molecule has 0 spiro atoms. The molecule has 0 radical (unpaired) electrons. The van der Waals surface area contributed by atoms with Gasteiger partial charge in [0.25, 0.3) is 0 Å². The topological polar surface area (TPSA) is 75.3 Å². The SMILES string of the molecule is CC(C)(CNCCCN)C(=O)O. The summed E-state index contributed by atoms with van der Waals surface area (Å²) < 4.78 is 0. The van der Waals surface area contributed by atoms with Crippen molar-refractivity contribution in [2.75, 3.05) is 19.6 Å². The standard InChI is InChI=1S/C8H18N2O2/c1-8(2,7(11)12)6-10-5-3-4-9/h10H,3-6,9H2,1-2H3,(H,11,12). The first-order chi connectivity index (χ1) is 5.50. The van der Waals surface area contributed by atoms with Gasteiger partial charge in [-0.2, -0.15) is 0 Å². The van der Waals surface area contributed by atoms with E-state index in [-0.39, 0.29) is 0 Å². The molecule has 72 valence electrons. The molecular weight excluding hydrogens is 156 g/mol. The summed E-state index contributed by atoms with van der Waals surface area (Å²) in [5, 5.41) is 11.8. The Bertz CT molecular complexity index is 146. The summed E-state index contributed by atoms with van der Waals surface area (Å²) in [6.45, 7) is 5.31. The molecule has 0 bridgehead atoms. The molecule has 0 aromatic carbocycles. The molecule has 0 fully saturated rings. The Morgan fingerprint density at radius 3 is 2.58 bits per heavy atom. The van der Waals surface area contributed by atoms with Crippen LogP contribution >= 0.6 is 0 Å². The highest BCUT2D eigenvalue weighted by Crippen LogP contribution is 2.12. The molecule has 4 nitrogen and oxygen atoms in total. The van der Waals surface area contributed by atoms with Crippen molar-refractivity contribution >= 4 is 5.97 Å². The van der Waals surface area contributed by atoms with Gasteiger partial charge in [-0.25, -0.2) is 0 Å². The van der Waals surface area contributed by atoms with Crippen molar-refractivity contribution in [1.29, 1.82) is 0 Å². The molecular formula is C8H18N2O2. The van der Waals surface area contributed by atoms with Crippen molar-refractivity contribution in [1.82, 2.24) is 5.32 Å². The van der Waals surface area contributed by atoms with Gasteiger partial charge >= 0.3 is 5.97 Å². The van der Waals surface area contributed by atoms with Gasteiger partial charge in [0.05, 0.1) is 5.41 Å². The molecule has 0 heterocycles. The lowest BCUT2D eigenvalue weighted by atomic mass is 9.94. The fourth-order valence-corrected chi connectivity index (χ4v) is 0.704. The van der Waals surface area contributed by atoms with E-state index in [0.717, 1.165) is 13.0 Å². The average molecular weight is 174 g/mol. The predicted octanol–water partition coefficient (Wildman–Crippen LogP) is 0.0356. The van der Waals surface area contributed by atoms with Gasteiger partial charge in [0, 0.05) is 6.54 Å². The average Bonchev–Trinajstić information content (AvgIpc) is 1.98. The first-order valence-corrected chi connectivity index (χ1v) is 4.15. The Morgan fingerprint density at radius 1 is 1.58 bits per heavy atom. The molecule has 0 aliphatic carbocycles. The summed E-state index contributed by atoms with van der Waals surface area (Å²) in [6.07, 6.45) is 0.885. The van der Waals surface area contributed by atoms with Crippen molar-refractivity contribution in [3.63, 3.8) is 0 Å². The van der Waals surface area contributed by atoms with Gasteiger partial charge in [-0.05, 0) is 33.4 Å². The third-order valence-corrected chi connectivity index (χ3v) is 1.70. The van der Waals surface area contributed by atoms with E-state index in [1.165, 1.54) is 0 Å². The molecule has 4 heteroatoms. The van der Waals surface area contributed by atoms with E-state index in [9.17, 15) is 4.79 Å². The number of nitrogens with two attached hydrogens (primary N) is 1. The number of carboxylic acids is 1. The number of carboxylic acid groups (broad SMARTS) is 1. The van der Waals surface area contributed by atoms with Crippen molar-refractivity contribution in [2.24, 2.45) is 11.1 Å². The van der Waals surface area contributed by atoms with Crippen LogP contribution in [0.5, 0.6) is 0 Å². The monoisotopic (exact) mass is 174 g/mol. The van der Waals surface area contributed by atoms with Crippen LogP contribution in [0.15, 0.2) is 0 Å². The van der Waals surface area contributed by atoms with E-state index in [0.29, 0.717) is 13.1 Å². The van der Waals surface area contributed by atoms with Gasteiger partial charge in [0.1, 0.15) is 0 Å². The van der Waals surface area contributed by atoms with Crippen LogP contribution in [0.2, 0.25) is 0 Å². The zero-order chi connectivity index (χ0) is 9.61. The minimum atomic E-state index is -0.775. The second kappa shape index (κ2) is 5.11. The highest BCUT2D eigenvalue weighted by Gasteiger charge is 2.25. The molecule has 4 N–H and O–H groups in total. The maximum atomic E-state index is 10.6. The first kappa shape index (κ1) is 11.4. The van der Waals surface area contributed by atoms with Gasteiger partial charge in [0.2, 0.25) is 0 Å². The maximum Gasteiger partial charge on any atom is 0.310 e. The van der Waals surface area contributed by atoms with Crippen LogP contribution in [-0.2, 0) is 4.79 Å². The van der Waals surface area contributed by atoms with Crippen molar-refractivity contribution in [3.05, 3.63) is 0 Å². The highest BCUT2D eigenvalue weighted by molar-refractivity contribution is 5.73. The lowest BCUT2D eigenvalue weighted by Gasteiger charge is -2.19. The lowest BCUT2D eigenvalue weighted by Crippen LogP contribution is -2.36. The van der Waals surface area contributed by atoms with Crippen LogP contribution in [0.25, 0.3) is 0 Å². The summed E-state index contributed by atoms with van der Waals surface area (Å²) in [4.78, 5) is 10.6. The number of rotatable bonds is 6. The summed E-state index contributed by atoms with van der Waals surface area (Å²) in [7, 11) is 0. The van der Waals surface area contributed by atoms with Crippen molar-refractivity contribution < 1.29 is 9.90 Å². The molecule has 0 aliphatic rings. The van der Waals surface area contributed by atoms with E-state index < -0.39 is 11.4 Å². The minimum absolute atomic E-state index is 0.488. The van der Waals surface area contributed by atoms with Gasteiger partial charge in [-0.3, -0.25) is 4.79 Å². The van der Waals surface area contributed by atoms with E-state index in [4.69, 9.17) is 10.8 Å². The fraction of sp³-hybridized carbons (Fsp3) is 0.875. The summed E-state index contributed by atoms with van der Waals surface area (Å²) in [5.41, 5.74) is 4.60. The maximum absolute atomic E-state index is 10.6. The molecule has 0 aliphatic heterocycles. The van der Waals surface area contributed by atoms with Gasteiger partial charge < -0.3 is 16.2 Å². The number of carbonyl (C=O) groups is 1. The van der Waals surface area contributed by atoms with Crippen LogP contribution < -0.4 is 11.1 Å². The zero-order valence-electron chi connectivity index (χ0n) is 7.76. The number of nitrogens with one attached hydrogen (secondary N) is 1. The summed E-state index contributed by atoms with van der Waals surface area (Å²) in [6, 6.07) is 0. The molecule has 0 unspecified atom stereocenters. The van der Waals surface area contributed by atoms with Gasteiger partial charge in [-0.15, -0.1) is 0 Å². The second-order valence-electron chi connectivity index (χ2n) is 3.51. The van der Waals surface area contributed by atoms with Crippen molar-refractivity contribution in [3.8, 4) is 0 Å². The van der Waals surface area contributed by atoms with E-state index in [1.807, 2.05) is 0 Å². The molecule has 12 heavy (non-hydrogen) atoms. The number of hydrogen-bond acceptors (Lipinski definition) is 3. The van der Waals surface area contributed by atoms with Crippen LogP contribution in [0.3, 0.4) is 0 Å². The van der Waals surface area contributed by atoms with E-state index in [1.54, 1.807) is 13.8 Å². The Kier molecular flexibility index (Phi) is 4.85. The lowest BCUT2D eigenvalue weighted by molar-refractivity contribution is -0.146. The van der Waals surface area contributed by atoms with E-state index >= 15 is 0 Å². The smallest absolute Gasteiger partial charge is 0.310 e. The molecule has 0 rings (SSSR count). The molecule has 0 saturated carbocycles. The Hall–Kier alpha value is -0.610. The van der Waals surface area contributed by atoms with Crippen LogP contribution in [0.4, 0.5) is 0 Å². The first-order valence-electron chi connectivity index (χ1n) is 4.15. The van der Waals surface area contributed by atoms with Crippen LogP contribution in [-0.4, -0.2) is 30.7 Å². The number of hydrogen-bond donors (Lipinski definition) is 3. The molecule has 0 aromatic rings. The minimum Gasteiger partial charge on any atom is -0.481 e. The largest absolute Gasteiger partial charge is 0.481 e. The third kappa shape index (κ3) is 4.31. The highest BCUT2D eigenvalue weighted by atomic mass is 16.4. The fourth-order valence-electron chi connectivity index (χ4n) is 0.704. The zero-order valence-corrected chi connectivity index (χ0v) is 7.76. The molecule has 0 aromatic heterocycles. The van der Waals surface area contributed by atoms with Crippen molar-refractivity contribution in [2.45, 2.75) is 20.3 Å². The van der Waals surface area contributed by atoms with Crippen LogP contribution in [0.1, 0.15) is 20.3 Å². The van der Waals surface area contributed by atoms with Crippen LogP contribution in [0, 0.1) is 5.41 Å². The third-order valence-electron chi connectivity index (χ3n) is 1.70. The second-order valence-corrected chi connectivity index (χ2v) is 3.51. The van der Waals surface area contributed by atoms with Gasteiger partial charge in [0.15, 0.2) is 0 Å². The summed E-state index contributed by atoms with van der Waals surface area (Å²) >= 11 is 0. The summed E-state index contributed by atoms with van der Waals surface area (Å²) in [5.74, 6) is -0.775. The predicted molar refractivity (Wildman–Crippen MR) is 48.0 cm³/mol. The molecule has 0 amide bonds. The Morgan fingerprint density at radius 2 is 2.17 bits per heavy atom.